The molecule has 1 aliphatic rings. The van der Waals surface area contributed by atoms with Crippen LogP contribution in [0.4, 0.5) is 0 Å². The Hall–Kier alpha value is -3.03. The molecule has 0 N–H and O–H groups in total. The molecule has 3 aromatic carbocycles. The summed E-state index contributed by atoms with van der Waals surface area (Å²) in [6.45, 7) is 5.89. The zero-order chi connectivity index (χ0) is 24.6. The van der Waals surface area contributed by atoms with Gasteiger partial charge in [-0.25, -0.2) is 0 Å². The zero-order valence-corrected chi connectivity index (χ0v) is 22.1. The van der Waals surface area contributed by atoms with E-state index in [0.29, 0.717) is 47.9 Å². The van der Waals surface area contributed by atoms with E-state index < -0.39 is 0 Å². The lowest BCUT2D eigenvalue weighted by atomic mass is 10.1. The fraction of sp³-hybridized carbons (Fsp3) is 0.214. The summed E-state index contributed by atoms with van der Waals surface area (Å²) >= 11 is 4.99. The lowest BCUT2D eigenvalue weighted by molar-refractivity contribution is -0.122. The van der Waals surface area contributed by atoms with Crippen LogP contribution < -0.4 is 9.47 Å². The Kier molecular flexibility index (Phi) is 8.66. The van der Waals surface area contributed by atoms with Crippen LogP contribution in [0, 0.1) is 0 Å². The molecule has 5 nitrogen and oxygen atoms in total. The molecule has 180 valence electrons. The molecule has 1 saturated heterocycles. The molecule has 1 aliphatic heterocycles. The molecule has 0 unspecified atom stereocenters. The normalized spacial score (nSPS) is 15.7. The summed E-state index contributed by atoms with van der Waals surface area (Å²) < 4.78 is 12.3. The average molecular weight is 552 g/mol. The van der Waals surface area contributed by atoms with Crippen molar-refractivity contribution in [2.75, 3.05) is 13.2 Å². The van der Waals surface area contributed by atoms with E-state index in [1.807, 2.05) is 92.7 Å². The maximum Gasteiger partial charge on any atom is 0.267 e. The van der Waals surface area contributed by atoms with Gasteiger partial charge in [0.15, 0.2) is 16.7 Å². The van der Waals surface area contributed by atoms with E-state index in [9.17, 15) is 4.79 Å². The van der Waals surface area contributed by atoms with Crippen LogP contribution in [-0.4, -0.2) is 29.2 Å². The molecule has 0 radical (unpaired) electrons. The second-order valence-electron chi connectivity index (χ2n) is 7.77. The number of hydrogen-bond acceptors (Lipinski definition) is 5. The molecular formula is C28H27BrN2O3S. The van der Waals surface area contributed by atoms with Gasteiger partial charge in [0.2, 0.25) is 0 Å². The molecule has 0 saturated carbocycles. The predicted octanol–water partition coefficient (Wildman–Crippen LogP) is 6.92. The Bertz CT molecular complexity index is 1230. The monoisotopic (exact) mass is 550 g/mol. The van der Waals surface area contributed by atoms with Gasteiger partial charge < -0.3 is 9.47 Å². The van der Waals surface area contributed by atoms with Crippen molar-refractivity contribution < 1.29 is 14.3 Å². The first kappa shape index (κ1) is 25.1. The summed E-state index contributed by atoms with van der Waals surface area (Å²) in [6, 6.07) is 23.9. The van der Waals surface area contributed by atoms with Gasteiger partial charge >= 0.3 is 0 Å². The minimum absolute atomic E-state index is 0.0615. The third-order valence-electron chi connectivity index (χ3n) is 5.23. The number of carbonyl (C=O) groups excluding carboxylic acids is 1. The number of ether oxygens (including phenoxy) is 2. The van der Waals surface area contributed by atoms with Crippen LogP contribution >= 0.6 is 27.7 Å². The lowest BCUT2D eigenvalue weighted by Gasteiger charge is -2.16. The smallest absolute Gasteiger partial charge is 0.267 e. The van der Waals surface area contributed by atoms with Gasteiger partial charge in [0.25, 0.3) is 5.91 Å². The minimum Gasteiger partial charge on any atom is -0.490 e. The van der Waals surface area contributed by atoms with Crippen LogP contribution in [0.3, 0.4) is 0 Å². The van der Waals surface area contributed by atoms with Crippen LogP contribution in [0.2, 0.25) is 0 Å². The highest BCUT2D eigenvalue weighted by Crippen LogP contribution is 2.39. The van der Waals surface area contributed by atoms with Gasteiger partial charge in [0.1, 0.15) is 0 Å². The Morgan fingerprint density at radius 2 is 1.60 bits per heavy atom. The number of hydrogen-bond donors (Lipinski definition) is 0. The van der Waals surface area contributed by atoms with Crippen molar-refractivity contribution >= 4 is 44.8 Å². The van der Waals surface area contributed by atoms with Crippen molar-refractivity contribution in [2.45, 2.75) is 26.9 Å². The summed E-state index contributed by atoms with van der Waals surface area (Å²) in [7, 11) is 0. The molecule has 0 atom stereocenters. The second kappa shape index (κ2) is 12.1. The molecule has 0 aliphatic carbocycles. The van der Waals surface area contributed by atoms with Gasteiger partial charge in [-0.15, -0.1) is 0 Å². The fourth-order valence-corrected chi connectivity index (χ4v) is 5.19. The molecule has 35 heavy (non-hydrogen) atoms. The van der Waals surface area contributed by atoms with Crippen LogP contribution in [0.15, 0.2) is 87.2 Å². The molecule has 4 rings (SSSR count). The molecule has 1 heterocycles. The molecule has 3 aromatic rings. The van der Waals surface area contributed by atoms with E-state index in [1.165, 1.54) is 11.8 Å². The predicted molar refractivity (Wildman–Crippen MR) is 147 cm³/mol. The Morgan fingerprint density at radius 3 is 2.26 bits per heavy atom. The molecule has 1 fully saturated rings. The SMILES string of the molecule is CCOc1cc(/C=C2\SC(=NCc3ccccc3)N(Cc3ccccc3)C2=O)cc(Br)c1OCC. The quantitative estimate of drug-likeness (QED) is 0.271. The number of carbonyl (C=O) groups is 1. The summed E-state index contributed by atoms with van der Waals surface area (Å²) in [6.07, 6.45) is 1.89. The fourth-order valence-electron chi connectivity index (χ4n) is 3.64. The van der Waals surface area contributed by atoms with Gasteiger partial charge in [0.05, 0.1) is 35.7 Å². The maximum atomic E-state index is 13.5. The summed E-state index contributed by atoms with van der Waals surface area (Å²) in [5.74, 6) is 1.25. The van der Waals surface area contributed by atoms with Crippen molar-refractivity contribution in [3.63, 3.8) is 0 Å². The van der Waals surface area contributed by atoms with Crippen molar-refractivity contribution in [2.24, 2.45) is 4.99 Å². The molecular weight excluding hydrogens is 524 g/mol. The summed E-state index contributed by atoms with van der Waals surface area (Å²) in [5, 5.41) is 0.698. The van der Waals surface area contributed by atoms with Crippen molar-refractivity contribution in [1.82, 2.24) is 4.90 Å². The third kappa shape index (κ3) is 6.35. The van der Waals surface area contributed by atoms with Crippen molar-refractivity contribution in [3.05, 3.63) is 98.9 Å². The number of benzene rings is 3. The number of amidine groups is 1. The number of rotatable bonds is 9. The zero-order valence-electron chi connectivity index (χ0n) is 19.7. The summed E-state index contributed by atoms with van der Waals surface area (Å²) in [5.41, 5.74) is 3.00. The van der Waals surface area contributed by atoms with E-state index in [4.69, 9.17) is 14.5 Å². The Balaban J connectivity index is 1.66. The molecule has 0 spiro atoms. The van der Waals surface area contributed by atoms with E-state index in [1.54, 1.807) is 4.90 Å². The molecule has 0 aromatic heterocycles. The first-order valence-electron chi connectivity index (χ1n) is 11.5. The van der Waals surface area contributed by atoms with E-state index in [2.05, 4.69) is 15.9 Å². The van der Waals surface area contributed by atoms with Crippen LogP contribution in [0.1, 0.15) is 30.5 Å². The van der Waals surface area contributed by atoms with Gasteiger partial charge in [-0.05, 0) is 76.4 Å². The second-order valence-corrected chi connectivity index (χ2v) is 9.63. The highest BCUT2D eigenvalue weighted by Gasteiger charge is 2.33. The minimum atomic E-state index is -0.0615. The number of halogens is 1. The van der Waals surface area contributed by atoms with Crippen LogP contribution in [0.5, 0.6) is 11.5 Å². The number of amides is 1. The highest BCUT2D eigenvalue weighted by atomic mass is 79.9. The topological polar surface area (TPSA) is 51.1 Å². The molecule has 7 heteroatoms. The maximum absolute atomic E-state index is 13.5. The van der Waals surface area contributed by atoms with Crippen LogP contribution in [-0.2, 0) is 17.9 Å². The van der Waals surface area contributed by atoms with E-state index >= 15 is 0 Å². The molecule has 1 amide bonds. The molecule has 0 bridgehead atoms. The number of thioether (sulfide) groups is 1. The first-order chi connectivity index (χ1) is 17.1. The van der Waals surface area contributed by atoms with Gasteiger partial charge in [-0.3, -0.25) is 14.7 Å². The third-order valence-corrected chi connectivity index (χ3v) is 6.86. The van der Waals surface area contributed by atoms with E-state index in [0.717, 1.165) is 21.2 Å². The highest BCUT2D eigenvalue weighted by molar-refractivity contribution is 9.10. The van der Waals surface area contributed by atoms with E-state index in [-0.39, 0.29) is 5.91 Å². The standard InChI is InChI=1S/C28H27BrN2O3S/c1-3-33-24-16-22(15-23(29)26(24)34-4-2)17-25-27(32)31(19-21-13-9-6-10-14-21)28(35-25)30-18-20-11-7-5-8-12-20/h5-17H,3-4,18-19H2,1-2H3/b25-17-,30-28?. The van der Waals surface area contributed by atoms with Gasteiger partial charge in [-0.2, -0.15) is 0 Å². The first-order valence-corrected chi connectivity index (χ1v) is 13.1. The largest absolute Gasteiger partial charge is 0.490 e. The van der Waals surface area contributed by atoms with Gasteiger partial charge in [-0.1, -0.05) is 60.7 Å². The Labute approximate surface area is 219 Å². The van der Waals surface area contributed by atoms with Crippen molar-refractivity contribution in [1.29, 1.82) is 0 Å². The Morgan fingerprint density at radius 1 is 0.943 bits per heavy atom. The number of aliphatic imine (C=N–C) groups is 1. The van der Waals surface area contributed by atoms with Gasteiger partial charge in [0, 0.05) is 0 Å². The lowest BCUT2D eigenvalue weighted by Crippen LogP contribution is -2.28. The number of nitrogens with zero attached hydrogens (tertiary/aromatic N) is 2. The average Bonchev–Trinajstić information content (AvgIpc) is 3.15. The van der Waals surface area contributed by atoms with Crippen molar-refractivity contribution in [3.8, 4) is 11.5 Å². The summed E-state index contributed by atoms with van der Waals surface area (Å²) in [4.78, 5) is 20.7. The van der Waals surface area contributed by atoms with Crippen LogP contribution in [0.25, 0.3) is 6.08 Å².